The Morgan fingerprint density at radius 1 is 1.17 bits per heavy atom. The third-order valence-electron chi connectivity index (χ3n) is 3.65. The Bertz CT molecular complexity index is 678. The van der Waals surface area contributed by atoms with Crippen molar-refractivity contribution in [3.63, 3.8) is 0 Å². The van der Waals surface area contributed by atoms with Crippen LogP contribution in [0.15, 0.2) is 48.5 Å². The highest BCUT2D eigenvalue weighted by molar-refractivity contribution is 6.34. The second kappa shape index (κ2) is 8.92. The number of quaternary nitrogens is 1. The van der Waals surface area contributed by atoms with Gasteiger partial charge in [-0.1, -0.05) is 53.5 Å². The van der Waals surface area contributed by atoms with Gasteiger partial charge in [-0.05, 0) is 12.1 Å². The van der Waals surface area contributed by atoms with Crippen LogP contribution in [0.4, 0.5) is 0 Å². The van der Waals surface area contributed by atoms with Gasteiger partial charge >= 0.3 is 0 Å². The van der Waals surface area contributed by atoms with E-state index in [2.05, 4.69) is 31.5 Å². The van der Waals surface area contributed by atoms with E-state index in [1.54, 1.807) is 18.2 Å². The molecule has 0 fully saturated rings. The van der Waals surface area contributed by atoms with E-state index in [1.165, 1.54) is 10.5 Å². The van der Waals surface area contributed by atoms with Crippen molar-refractivity contribution in [3.05, 3.63) is 64.1 Å². The normalized spacial score (nSPS) is 12.0. The molecule has 24 heavy (non-hydrogen) atoms. The summed E-state index contributed by atoms with van der Waals surface area (Å²) in [6.45, 7) is 0.419. The lowest BCUT2D eigenvalue weighted by molar-refractivity contribution is -0.890. The second-order valence-electron chi connectivity index (χ2n) is 5.71. The summed E-state index contributed by atoms with van der Waals surface area (Å²) < 4.78 is 5.44. The zero-order chi connectivity index (χ0) is 17.5. The Morgan fingerprint density at radius 2 is 1.88 bits per heavy atom. The summed E-state index contributed by atoms with van der Waals surface area (Å²) in [6.07, 6.45) is 0. The number of nitrogens with one attached hydrogen (secondary N) is 2. The number of hydrogen-bond donors (Lipinski definition) is 2. The molecule has 2 rings (SSSR count). The van der Waals surface area contributed by atoms with Crippen LogP contribution in [0.5, 0.6) is 5.75 Å². The van der Waals surface area contributed by atoms with Crippen molar-refractivity contribution in [1.82, 2.24) is 5.32 Å². The monoisotopic (exact) mass is 367 g/mol. The molecule has 0 heterocycles. The molecule has 0 saturated carbocycles. The quantitative estimate of drug-likeness (QED) is 0.788. The zero-order valence-electron chi connectivity index (χ0n) is 13.7. The number of ether oxygens (including phenoxy) is 1. The van der Waals surface area contributed by atoms with Crippen molar-refractivity contribution in [3.8, 4) is 5.75 Å². The number of carbonyl (C=O) groups excluding carboxylic acids is 1. The molecule has 0 aliphatic rings. The Hall–Kier alpha value is -1.75. The fourth-order valence-electron chi connectivity index (χ4n) is 2.34. The highest BCUT2D eigenvalue weighted by atomic mass is 35.5. The van der Waals surface area contributed by atoms with E-state index < -0.39 is 0 Å². The first-order valence-electron chi connectivity index (χ1n) is 7.67. The predicted octanol–water partition coefficient (Wildman–Crippen LogP) is 2.37. The van der Waals surface area contributed by atoms with E-state index in [0.717, 1.165) is 0 Å². The van der Waals surface area contributed by atoms with Crippen LogP contribution in [0.3, 0.4) is 0 Å². The maximum atomic E-state index is 12.0. The van der Waals surface area contributed by atoms with Crippen LogP contribution < -0.4 is 15.0 Å². The van der Waals surface area contributed by atoms with Gasteiger partial charge in [-0.25, -0.2) is 0 Å². The van der Waals surface area contributed by atoms with Gasteiger partial charge in [0.25, 0.3) is 5.91 Å². The van der Waals surface area contributed by atoms with Crippen molar-refractivity contribution in [2.75, 3.05) is 27.2 Å². The highest BCUT2D eigenvalue weighted by Crippen LogP contribution is 2.27. The molecular formula is C18H21Cl2N2O2+. The smallest absolute Gasteiger partial charge is 0.258 e. The van der Waals surface area contributed by atoms with Gasteiger partial charge in [-0.3, -0.25) is 4.79 Å². The number of hydrogen-bond acceptors (Lipinski definition) is 2. The van der Waals surface area contributed by atoms with E-state index in [4.69, 9.17) is 27.9 Å². The molecule has 128 valence electrons. The lowest BCUT2D eigenvalue weighted by atomic mass is 10.1. The predicted molar refractivity (Wildman–Crippen MR) is 97.0 cm³/mol. The molecule has 4 nitrogen and oxygen atoms in total. The van der Waals surface area contributed by atoms with Gasteiger partial charge < -0.3 is 15.0 Å². The Morgan fingerprint density at radius 3 is 2.54 bits per heavy atom. The molecule has 0 aromatic heterocycles. The lowest BCUT2D eigenvalue weighted by Gasteiger charge is -2.22. The molecule has 6 heteroatoms. The summed E-state index contributed by atoms with van der Waals surface area (Å²) in [5, 5.41) is 3.84. The van der Waals surface area contributed by atoms with Crippen LogP contribution in [-0.2, 0) is 4.79 Å². The fraction of sp³-hybridized carbons (Fsp3) is 0.278. The van der Waals surface area contributed by atoms with E-state index in [-0.39, 0.29) is 18.6 Å². The molecule has 1 amide bonds. The van der Waals surface area contributed by atoms with Gasteiger partial charge in [0, 0.05) is 16.7 Å². The first-order chi connectivity index (χ1) is 11.5. The minimum atomic E-state index is -0.201. The standard InChI is InChI=1S/C18H20Cl2N2O2/c1-22(2)16(13-6-4-3-5-7-13)11-21-18(23)12-24-17-10-14(19)8-9-15(17)20/h3-10,16H,11-12H2,1-2H3,(H,21,23)/p+1/t16-/m0/s1. The van der Waals surface area contributed by atoms with Crippen molar-refractivity contribution in [1.29, 1.82) is 0 Å². The molecule has 2 aromatic carbocycles. The van der Waals surface area contributed by atoms with Crippen LogP contribution in [0, 0.1) is 0 Å². The van der Waals surface area contributed by atoms with Crippen molar-refractivity contribution >= 4 is 29.1 Å². The second-order valence-corrected chi connectivity index (χ2v) is 6.55. The maximum Gasteiger partial charge on any atom is 0.258 e. The zero-order valence-corrected chi connectivity index (χ0v) is 15.2. The summed E-state index contributed by atoms with van der Waals surface area (Å²) in [6, 6.07) is 15.2. The molecule has 0 radical (unpaired) electrons. The summed E-state index contributed by atoms with van der Waals surface area (Å²) in [5.74, 6) is 0.199. The van der Waals surface area contributed by atoms with E-state index in [0.29, 0.717) is 22.3 Å². The van der Waals surface area contributed by atoms with Gasteiger partial charge in [0.2, 0.25) is 0 Å². The van der Waals surface area contributed by atoms with E-state index in [1.807, 2.05) is 18.2 Å². The molecule has 0 aliphatic heterocycles. The van der Waals surface area contributed by atoms with Crippen LogP contribution in [-0.4, -0.2) is 33.2 Å². The van der Waals surface area contributed by atoms with Crippen molar-refractivity contribution < 1.29 is 14.4 Å². The van der Waals surface area contributed by atoms with Crippen LogP contribution in [0.25, 0.3) is 0 Å². The lowest BCUT2D eigenvalue weighted by Crippen LogP contribution is -3.07. The largest absolute Gasteiger partial charge is 0.482 e. The van der Waals surface area contributed by atoms with Gasteiger partial charge in [0.15, 0.2) is 6.61 Å². The first-order valence-corrected chi connectivity index (χ1v) is 8.42. The minimum Gasteiger partial charge on any atom is -0.482 e. The van der Waals surface area contributed by atoms with E-state index >= 15 is 0 Å². The molecule has 2 aromatic rings. The molecular weight excluding hydrogens is 347 g/mol. The van der Waals surface area contributed by atoms with Crippen LogP contribution in [0.2, 0.25) is 10.0 Å². The summed E-state index contributed by atoms with van der Waals surface area (Å²) in [5.41, 5.74) is 1.18. The molecule has 0 spiro atoms. The number of benzene rings is 2. The van der Waals surface area contributed by atoms with Gasteiger partial charge in [0.1, 0.15) is 11.8 Å². The van der Waals surface area contributed by atoms with Crippen LogP contribution in [0.1, 0.15) is 11.6 Å². The summed E-state index contributed by atoms with van der Waals surface area (Å²) >= 11 is 11.9. The Kier molecular flexibility index (Phi) is 6.91. The number of amides is 1. The maximum absolute atomic E-state index is 12.0. The molecule has 0 aliphatic carbocycles. The molecule has 2 N–H and O–H groups in total. The summed E-state index contributed by atoms with van der Waals surface area (Å²) in [4.78, 5) is 13.3. The minimum absolute atomic E-state index is 0.107. The first kappa shape index (κ1) is 18.6. The van der Waals surface area contributed by atoms with E-state index in [9.17, 15) is 4.79 Å². The average molecular weight is 368 g/mol. The Balaban J connectivity index is 1.88. The third-order valence-corrected chi connectivity index (χ3v) is 4.20. The van der Waals surface area contributed by atoms with Crippen molar-refractivity contribution in [2.45, 2.75) is 6.04 Å². The van der Waals surface area contributed by atoms with Crippen molar-refractivity contribution in [2.24, 2.45) is 0 Å². The molecule has 0 bridgehead atoms. The van der Waals surface area contributed by atoms with Crippen LogP contribution >= 0.6 is 23.2 Å². The number of rotatable bonds is 7. The van der Waals surface area contributed by atoms with Gasteiger partial charge in [-0.15, -0.1) is 0 Å². The Labute approximate surface area is 152 Å². The number of likely N-dealkylation sites (N-methyl/N-ethyl adjacent to an activating group) is 1. The molecule has 0 unspecified atom stereocenters. The molecule has 1 atom stereocenters. The average Bonchev–Trinajstić information content (AvgIpc) is 2.56. The van der Waals surface area contributed by atoms with Gasteiger partial charge in [-0.2, -0.15) is 0 Å². The number of carbonyl (C=O) groups is 1. The summed E-state index contributed by atoms with van der Waals surface area (Å²) in [7, 11) is 4.12. The third kappa shape index (κ3) is 5.41. The van der Waals surface area contributed by atoms with Gasteiger partial charge in [0.05, 0.1) is 25.7 Å². The molecule has 0 saturated heterocycles. The SMILES string of the molecule is C[NH+](C)[C@@H](CNC(=O)COc1cc(Cl)ccc1Cl)c1ccccc1. The topological polar surface area (TPSA) is 42.8 Å². The highest BCUT2D eigenvalue weighted by Gasteiger charge is 2.18. The fourth-order valence-corrected chi connectivity index (χ4v) is 2.67. The number of halogens is 2.